The van der Waals surface area contributed by atoms with Crippen LogP contribution < -0.4 is 21.3 Å². The number of anilines is 1. The smallest absolute Gasteiger partial charge is 0.270 e. The van der Waals surface area contributed by atoms with Crippen molar-refractivity contribution < 1.29 is 18.8 Å². The molecule has 4 N–H and O–H groups in total. The normalized spacial score (nSPS) is 31.8. The Balaban J connectivity index is 1.21. The molecule has 7 rings (SSSR count). The average Bonchev–Trinajstić information content (AvgIpc) is 3.33. The summed E-state index contributed by atoms with van der Waals surface area (Å²) in [7, 11) is 0. The molecule has 3 heterocycles. The van der Waals surface area contributed by atoms with Gasteiger partial charge in [0.1, 0.15) is 23.2 Å². The molecule has 3 atom stereocenters. The van der Waals surface area contributed by atoms with E-state index in [1.165, 1.54) is 18.2 Å². The summed E-state index contributed by atoms with van der Waals surface area (Å²) in [5.74, 6) is -0.356. The first-order chi connectivity index (χ1) is 17.7. The number of rotatable bonds is 6. The Bertz CT molecular complexity index is 1250. The Kier molecular flexibility index (Phi) is 5.65. The monoisotopic (exact) mass is 506 g/mol. The van der Waals surface area contributed by atoms with Crippen molar-refractivity contribution in [3.8, 4) is 0 Å². The van der Waals surface area contributed by atoms with E-state index in [0.29, 0.717) is 42.7 Å². The molecule has 0 spiro atoms. The maximum atomic E-state index is 13.6. The lowest BCUT2D eigenvalue weighted by molar-refractivity contribution is -0.119. The summed E-state index contributed by atoms with van der Waals surface area (Å²) in [5.41, 5.74) is 5.03. The highest BCUT2D eigenvalue weighted by Gasteiger charge is 2.59. The fraction of sp³-hybridized carbons (Fsp3) is 0.519. The van der Waals surface area contributed by atoms with Gasteiger partial charge in [-0.2, -0.15) is 4.39 Å². The number of nitrogens with zero attached hydrogens (tertiary/aromatic N) is 3. The summed E-state index contributed by atoms with van der Waals surface area (Å²) in [4.78, 5) is 48.5. The number of carbonyl (C=O) groups excluding carboxylic acids is 3. The van der Waals surface area contributed by atoms with Crippen LogP contribution in [0.3, 0.4) is 0 Å². The molecule has 5 aliphatic rings. The zero-order valence-electron chi connectivity index (χ0n) is 20.6. The van der Waals surface area contributed by atoms with Gasteiger partial charge < -0.3 is 21.3 Å². The number of amides is 3. The number of nitrogens with one attached hydrogen (secondary N) is 2. The molecule has 2 aromatic rings. The van der Waals surface area contributed by atoms with Crippen molar-refractivity contribution in [2.45, 2.75) is 68.5 Å². The quantitative estimate of drug-likeness (QED) is 0.516. The molecule has 4 bridgehead atoms. The number of pyridine rings is 2. The van der Waals surface area contributed by atoms with Gasteiger partial charge in [-0.25, -0.2) is 9.97 Å². The molecule has 1 saturated heterocycles. The first-order valence-corrected chi connectivity index (χ1v) is 13.0. The molecule has 37 heavy (non-hydrogen) atoms. The summed E-state index contributed by atoms with van der Waals surface area (Å²) in [5, 5.41) is 6.48. The topological polar surface area (TPSA) is 130 Å². The van der Waals surface area contributed by atoms with Crippen LogP contribution in [0.2, 0.25) is 0 Å². The Morgan fingerprint density at radius 1 is 0.919 bits per heavy atom. The predicted molar refractivity (Wildman–Crippen MR) is 133 cm³/mol. The van der Waals surface area contributed by atoms with Crippen molar-refractivity contribution in [3.05, 3.63) is 53.7 Å². The van der Waals surface area contributed by atoms with E-state index in [1.807, 2.05) is 4.90 Å². The minimum absolute atomic E-state index is 0.0611. The van der Waals surface area contributed by atoms with Crippen LogP contribution in [0, 0.1) is 17.8 Å². The average molecular weight is 507 g/mol. The van der Waals surface area contributed by atoms with Gasteiger partial charge in [-0.1, -0.05) is 12.1 Å². The second kappa shape index (κ2) is 8.78. The van der Waals surface area contributed by atoms with Crippen LogP contribution in [-0.4, -0.2) is 51.4 Å². The van der Waals surface area contributed by atoms with Gasteiger partial charge in [0.25, 0.3) is 11.8 Å². The van der Waals surface area contributed by atoms with Crippen LogP contribution in [0.1, 0.15) is 72.3 Å². The van der Waals surface area contributed by atoms with E-state index in [0.717, 1.165) is 38.5 Å². The van der Waals surface area contributed by atoms with Gasteiger partial charge in [0.15, 0.2) is 0 Å². The minimum atomic E-state index is -0.687. The predicted octanol–water partition coefficient (Wildman–Crippen LogP) is 2.32. The van der Waals surface area contributed by atoms with Gasteiger partial charge in [-0.3, -0.25) is 14.4 Å². The zero-order chi connectivity index (χ0) is 25.8. The number of primary amides is 1. The van der Waals surface area contributed by atoms with Gasteiger partial charge in [0.05, 0.1) is 0 Å². The molecule has 9 nitrogen and oxygen atoms in total. The van der Waals surface area contributed by atoms with E-state index in [-0.39, 0.29) is 23.4 Å². The molecule has 194 valence electrons. The van der Waals surface area contributed by atoms with Gasteiger partial charge in [0, 0.05) is 17.6 Å². The maximum absolute atomic E-state index is 13.6. The SMILES string of the molecule is NC(=O)[C@@H]1CCCN1c1cccc(C(=O)NC23CC4CC(CC(NC(=O)c5cccc(F)n5)(C4)C2)C3)n1. The highest BCUT2D eigenvalue weighted by Crippen LogP contribution is 2.57. The number of halogens is 1. The molecule has 5 fully saturated rings. The molecule has 4 aliphatic carbocycles. The molecule has 2 aromatic heterocycles. The third kappa shape index (κ3) is 4.42. The van der Waals surface area contributed by atoms with E-state index in [4.69, 9.17) is 5.73 Å². The van der Waals surface area contributed by atoms with E-state index >= 15 is 0 Å². The Morgan fingerprint density at radius 2 is 1.51 bits per heavy atom. The largest absolute Gasteiger partial charge is 0.368 e. The highest BCUT2D eigenvalue weighted by atomic mass is 19.1. The summed E-state index contributed by atoms with van der Waals surface area (Å²) in [6, 6.07) is 9.06. The second-order valence-corrected chi connectivity index (χ2v) is 11.4. The van der Waals surface area contributed by atoms with Crippen LogP contribution in [0.4, 0.5) is 10.2 Å². The van der Waals surface area contributed by atoms with Gasteiger partial charge >= 0.3 is 0 Å². The highest BCUT2D eigenvalue weighted by molar-refractivity contribution is 5.94. The Hall–Kier alpha value is -3.56. The second-order valence-electron chi connectivity index (χ2n) is 11.4. The number of nitrogens with two attached hydrogens (primary N) is 1. The van der Waals surface area contributed by atoms with Crippen LogP contribution in [0.5, 0.6) is 0 Å². The van der Waals surface area contributed by atoms with E-state index in [2.05, 4.69) is 20.6 Å². The molecule has 0 radical (unpaired) electrons. The van der Waals surface area contributed by atoms with Crippen molar-refractivity contribution >= 4 is 23.5 Å². The van der Waals surface area contributed by atoms with E-state index < -0.39 is 23.1 Å². The van der Waals surface area contributed by atoms with Gasteiger partial charge in [-0.05, 0) is 87.5 Å². The fourth-order valence-electron chi connectivity index (χ4n) is 7.75. The van der Waals surface area contributed by atoms with Gasteiger partial charge in [0.2, 0.25) is 11.9 Å². The molecular formula is C27H31FN6O3. The molecule has 2 unspecified atom stereocenters. The van der Waals surface area contributed by atoms with Crippen LogP contribution >= 0.6 is 0 Å². The standard InChI is InChI=1S/C27H31FN6O3/c28-21-7-1-4-18(30-21)24(36)32-26-11-16-10-17(12-26)14-27(13-16,15-26)33-25(37)19-5-2-8-22(31-19)34-9-3-6-20(34)23(29)35/h1-2,4-5,7-8,16-17,20H,3,6,9-15H2,(H2,29,35)(H,32,36)(H,33,37)/t16?,17?,20-,26?,27?/m0/s1. The third-order valence-corrected chi connectivity index (χ3v) is 8.61. The summed E-state index contributed by atoms with van der Waals surface area (Å²) in [6.07, 6.45) is 6.65. The van der Waals surface area contributed by atoms with Crippen LogP contribution in [0.15, 0.2) is 36.4 Å². The molecule has 10 heteroatoms. The Labute approximate surface area is 214 Å². The number of carbonyl (C=O) groups is 3. The van der Waals surface area contributed by atoms with Crippen molar-refractivity contribution in [2.75, 3.05) is 11.4 Å². The Morgan fingerprint density at radius 3 is 2.11 bits per heavy atom. The van der Waals surface area contributed by atoms with Crippen molar-refractivity contribution in [1.29, 1.82) is 0 Å². The lowest BCUT2D eigenvalue weighted by Gasteiger charge is -2.62. The fourth-order valence-corrected chi connectivity index (χ4v) is 7.75. The maximum Gasteiger partial charge on any atom is 0.270 e. The molecule has 1 aliphatic heterocycles. The van der Waals surface area contributed by atoms with E-state index in [1.54, 1.807) is 18.2 Å². The minimum Gasteiger partial charge on any atom is -0.368 e. The number of aromatic nitrogens is 2. The molecular weight excluding hydrogens is 475 g/mol. The number of hydrogen-bond acceptors (Lipinski definition) is 6. The third-order valence-electron chi connectivity index (χ3n) is 8.61. The summed E-state index contributed by atoms with van der Waals surface area (Å²) in [6.45, 7) is 0.668. The summed E-state index contributed by atoms with van der Waals surface area (Å²) >= 11 is 0. The van der Waals surface area contributed by atoms with Crippen molar-refractivity contribution in [1.82, 2.24) is 20.6 Å². The summed E-state index contributed by atoms with van der Waals surface area (Å²) < 4.78 is 13.6. The van der Waals surface area contributed by atoms with Crippen molar-refractivity contribution in [3.63, 3.8) is 0 Å². The molecule has 0 aromatic carbocycles. The van der Waals surface area contributed by atoms with Crippen LogP contribution in [-0.2, 0) is 4.79 Å². The van der Waals surface area contributed by atoms with Gasteiger partial charge in [-0.15, -0.1) is 0 Å². The molecule has 3 amide bonds. The van der Waals surface area contributed by atoms with Crippen LogP contribution in [0.25, 0.3) is 0 Å². The molecule has 4 saturated carbocycles. The first kappa shape index (κ1) is 23.8. The van der Waals surface area contributed by atoms with Crippen molar-refractivity contribution in [2.24, 2.45) is 17.6 Å². The number of hydrogen-bond donors (Lipinski definition) is 3. The zero-order valence-corrected chi connectivity index (χ0v) is 20.6. The lowest BCUT2D eigenvalue weighted by atomic mass is 9.49. The van der Waals surface area contributed by atoms with E-state index in [9.17, 15) is 18.8 Å². The first-order valence-electron chi connectivity index (χ1n) is 13.0. The lowest BCUT2D eigenvalue weighted by Crippen LogP contribution is -2.70.